The first-order chi connectivity index (χ1) is 10.8. The smallest absolute Gasteiger partial charge is 0.289 e. The topological polar surface area (TPSA) is 60.2 Å². The van der Waals surface area contributed by atoms with Crippen molar-refractivity contribution < 1.29 is 22.9 Å². The zero-order valence-electron chi connectivity index (χ0n) is 11.6. The molecule has 2 rings (SSSR count). The van der Waals surface area contributed by atoms with E-state index in [2.05, 4.69) is 0 Å². The summed E-state index contributed by atoms with van der Waals surface area (Å²) >= 11 is 0. The van der Waals surface area contributed by atoms with Crippen LogP contribution in [0.2, 0.25) is 0 Å². The van der Waals surface area contributed by atoms with Gasteiger partial charge in [0.25, 0.3) is 5.69 Å². The van der Waals surface area contributed by atoms with E-state index in [0.717, 1.165) is 24.3 Å². The first-order valence-electron chi connectivity index (χ1n) is 6.42. The van der Waals surface area contributed by atoms with Gasteiger partial charge < -0.3 is 0 Å². The van der Waals surface area contributed by atoms with Gasteiger partial charge in [-0.1, -0.05) is 24.3 Å². The van der Waals surface area contributed by atoms with E-state index in [1.165, 1.54) is 30.3 Å². The zero-order valence-corrected chi connectivity index (χ0v) is 11.6. The molecule has 0 aliphatic rings. The molecule has 0 heterocycles. The second kappa shape index (κ2) is 6.43. The largest absolute Gasteiger partial charge is 0.416 e. The van der Waals surface area contributed by atoms with E-state index in [0.29, 0.717) is 0 Å². The van der Waals surface area contributed by atoms with Crippen molar-refractivity contribution in [2.24, 2.45) is 0 Å². The Hall–Kier alpha value is -2.96. The van der Waals surface area contributed by atoms with Crippen molar-refractivity contribution in [1.29, 1.82) is 0 Å². The van der Waals surface area contributed by atoms with Crippen molar-refractivity contribution in [3.63, 3.8) is 0 Å². The maximum absolute atomic E-state index is 12.6. The van der Waals surface area contributed by atoms with Gasteiger partial charge in [0.2, 0.25) is 0 Å². The van der Waals surface area contributed by atoms with Gasteiger partial charge in [-0.25, -0.2) is 0 Å². The highest BCUT2D eigenvalue weighted by molar-refractivity contribution is 6.07. The van der Waals surface area contributed by atoms with Crippen LogP contribution in [0.5, 0.6) is 0 Å². The average Bonchev–Trinajstić information content (AvgIpc) is 2.52. The lowest BCUT2D eigenvalue weighted by molar-refractivity contribution is -0.385. The van der Waals surface area contributed by atoms with Crippen molar-refractivity contribution in [3.05, 3.63) is 81.4 Å². The normalized spacial score (nSPS) is 11.6. The van der Waals surface area contributed by atoms with Crippen molar-refractivity contribution >= 4 is 17.5 Å². The Morgan fingerprint density at radius 1 is 1.09 bits per heavy atom. The van der Waals surface area contributed by atoms with Gasteiger partial charge in [-0.15, -0.1) is 0 Å². The number of nitrogens with zero attached hydrogens (tertiary/aromatic N) is 1. The van der Waals surface area contributed by atoms with E-state index in [4.69, 9.17) is 0 Å². The Balaban J connectivity index is 2.28. The van der Waals surface area contributed by atoms with Crippen molar-refractivity contribution in [3.8, 4) is 0 Å². The molecule has 0 spiro atoms. The van der Waals surface area contributed by atoms with Crippen LogP contribution < -0.4 is 0 Å². The van der Waals surface area contributed by atoms with Crippen molar-refractivity contribution in [2.75, 3.05) is 0 Å². The van der Waals surface area contributed by atoms with E-state index in [-0.39, 0.29) is 16.8 Å². The highest BCUT2D eigenvalue weighted by Gasteiger charge is 2.30. The molecular formula is C16H10F3NO3. The number of nitro groups is 1. The highest BCUT2D eigenvalue weighted by atomic mass is 19.4. The third-order valence-electron chi connectivity index (χ3n) is 3.02. The van der Waals surface area contributed by atoms with Crippen LogP contribution in [0.25, 0.3) is 6.08 Å². The zero-order chi connectivity index (χ0) is 17.0. The molecule has 0 bridgehead atoms. The molecule has 0 unspecified atom stereocenters. The maximum Gasteiger partial charge on any atom is 0.416 e. The minimum Gasteiger partial charge on any atom is -0.289 e. The summed E-state index contributed by atoms with van der Waals surface area (Å²) in [6.45, 7) is 0. The van der Waals surface area contributed by atoms with Gasteiger partial charge in [0.1, 0.15) is 0 Å². The number of para-hydroxylation sites is 1. The third-order valence-corrected chi connectivity index (χ3v) is 3.02. The number of carbonyl (C=O) groups excluding carboxylic acids is 1. The maximum atomic E-state index is 12.6. The summed E-state index contributed by atoms with van der Waals surface area (Å²) in [5, 5.41) is 10.9. The lowest BCUT2D eigenvalue weighted by Gasteiger charge is -2.07. The number of hydrogen-bond donors (Lipinski definition) is 0. The molecule has 0 saturated heterocycles. The molecule has 0 aliphatic carbocycles. The van der Waals surface area contributed by atoms with Crippen LogP contribution in [-0.2, 0) is 6.18 Å². The van der Waals surface area contributed by atoms with Crippen LogP contribution in [0.1, 0.15) is 21.5 Å². The Labute approximate surface area is 129 Å². The van der Waals surface area contributed by atoms with E-state index in [9.17, 15) is 28.1 Å². The molecule has 0 N–H and O–H groups in total. The summed E-state index contributed by atoms with van der Waals surface area (Å²) in [5.41, 5.74) is -1.07. The molecule has 0 radical (unpaired) electrons. The van der Waals surface area contributed by atoms with Crippen LogP contribution in [0.15, 0.2) is 54.6 Å². The summed E-state index contributed by atoms with van der Waals surface area (Å²) in [4.78, 5) is 22.2. The Morgan fingerprint density at radius 3 is 2.43 bits per heavy atom. The molecule has 2 aromatic rings. The van der Waals surface area contributed by atoms with Gasteiger partial charge in [-0.05, 0) is 30.4 Å². The summed E-state index contributed by atoms with van der Waals surface area (Å²) in [6, 6.07) is 9.73. The lowest BCUT2D eigenvalue weighted by Crippen LogP contribution is -2.06. The summed E-state index contributed by atoms with van der Waals surface area (Å²) in [5.74, 6) is -0.672. The third kappa shape index (κ3) is 4.03. The quantitative estimate of drug-likeness (QED) is 0.360. The van der Waals surface area contributed by atoms with Gasteiger partial charge in [0.15, 0.2) is 5.78 Å². The summed E-state index contributed by atoms with van der Waals surface area (Å²) in [7, 11) is 0. The Morgan fingerprint density at radius 2 is 1.78 bits per heavy atom. The first-order valence-corrected chi connectivity index (χ1v) is 6.42. The van der Waals surface area contributed by atoms with Crippen molar-refractivity contribution in [1.82, 2.24) is 0 Å². The molecule has 0 saturated carbocycles. The fraction of sp³-hybridized carbons (Fsp3) is 0.0625. The Kier molecular flexibility index (Phi) is 4.59. The van der Waals surface area contributed by atoms with Crippen LogP contribution in [-0.4, -0.2) is 10.7 Å². The Bertz CT molecular complexity index is 782. The second-order valence-electron chi connectivity index (χ2n) is 4.59. The van der Waals surface area contributed by atoms with Crippen LogP contribution in [0, 0.1) is 10.1 Å². The predicted octanol–water partition coefficient (Wildman–Crippen LogP) is 4.51. The molecule has 118 valence electrons. The molecule has 7 heteroatoms. The average molecular weight is 321 g/mol. The lowest BCUT2D eigenvalue weighted by atomic mass is 10.1. The predicted molar refractivity (Wildman–Crippen MR) is 77.9 cm³/mol. The van der Waals surface area contributed by atoms with Crippen LogP contribution in [0.3, 0.4) is 0 Å². The molecule has 0 atom stereocenters. The van der Waals surface area contributed by atoms with E-state index >= 15 is 0 Å². The molecular weight excluding hydrogens is 311 g/mol. The molecule has 0 aromatic heterocycles. The minimum atomic E-state index is -4.54. The molecule has 0 amide bonds. The number of carbonyl (C=O) groups is 1. The monoisotopic (exact) mass is 321 g/mol. The van der Waals surface area contributed by atoms with Gasteiger partial charge in [0, 0.05) is 11.6 Å². The summed E-state index contributed by atoms with van der Waals surface area (Å²) < 4.78 is 37.9. The number of hydrogen-bond acceptors (Lipinski definition) is 3. The highest BCUT2D eigenvalue weighted by Crippen LogP contribution is 2.29. The van der Waals surface area contributed by atoms with Gasteiger partial charge >= 0.3 is 6.18 Å². The first kappa shape index (κ1) is 16.4. The van der Waals surface area contributed by atoms with Crippen LogP contribution in [0.4, 0.5) is 18.9 Å². The fourth-order valence-corrected chi connectivity index (χ4v) is 1.91. The molecule has 2 aromatic carbocycles. The van der Waals surface area contributed by atoms with Crippen LogP contribution >= 0.6 is 0 Å². The van der Waals surface area contributed by atoms with Gasteiger partial charge in [0.05, 0.1) is 16.1 Å². The summed E-state index contributed by atoms with van der Waals surface area (Å²) in [6.07, 6.45) is -2.32. The fourth-order valence-electron chi connectivity index (χ4n) is 1.91. The SMILES string of the molecule is O=C(/C=C/c1ccccc1[N+](=O)[O-])c1cccc(C(F)(F)F)c1. The number of benzene rings is 2. The number of rotatable bonds is 4. The molecule has 23 heavy (non-hydrogen) atoms. The molecule has 0 fully saturated rings. The van der Waals surface area contributed by atoms with E-state index < -0.39 is 22.4 Å². The standard InChI is InChI=1S/C16H10F3NO3/c17-16(18,19)13-6-3-5-12(10-13)15(21)9-8-11-4-1-2-7-14(11)20(22)23/h1-10H/b9-8+. The molecule has 0 aliphatic heterocycles. The number of halogens is 3. The van der Waals surface area contributed by atoms with Gasteiger partial charge in [-0.3, -0.25) is 14.9 Å². The van der Waals surface area contributed by atoms with E-state index in [1.807, 2.05) is 0 Å². The molecule has 4 nitrogen and oxygen atoms in total. The minimum absolute atomic E-state index is 0.144. The number of allylic oxidation sites excluding steroid dienone is 1. The van der Waals surface area contributed by atoms with E-state index in [1.54, 1.807) is 6.07 Å². The number of alkyl halides is 3. The van der Waals surface area contributed by atoms with Gasteiger partial charge in [-0.2, -0.15) is 13.2 Å². The number of ketones is 1. The second-order valence-corrected chi connectivity index (χ2v) is 4.59. The van der Waals surface area contributed by atoms with Crippen molar-refractivity contribution in [2.45, 2.75) is 6.18 Å². The number of nitro benzene ring substituents is 1.